The van der Waals surface area contributed by atoms with E-state index in [1.165, 1.54) is 0 Å². The normalized spacial score (nSPS) is 13.7. The fraction of sp³-hybridized carbons (Fsp3) is 0.846. The van der Waals surface area contributed by atoms with Gasteiger partial charge in [0, 0.05) is 13.0 Å². The largest absolute Gasteiger partial charge is 0.370 e. The van der Waals surface area contributed by atoms with Crippen LogP contribution < -0.4 is 11.5 Å². The average Bonchev–Trinajstić information content (AvgIpc) is 2.23. The highest BCUT2D eigenvalue weighted by Gasteiger charge is 2.32. The fourth-order valence-electron chi connectivity index (χ4n) is 1.50. The molecule has 0 fully saturated rings. The molecule has 0 rings (SSSR count). The quantitative estimate of drug-likeness (QED) is 0.644. The minimum atomic E-state index is -0.911. The van der Waals surface area contributed by atoms with Gasteiger partial charge in [-0.3, -0.25) is 9.59 Å². The van der Waals surface area contributed by atoms with Crippen LogP contribution in [0.15, 0.2) is 0 Å². The zero-order valence-corrected chi connectivity index (χ0v) is 11.9. The molecule has 1 atom stereocenters. The fourth-order valence-corrected chi connectivity index (χ4v) is 1.50. The van der Waals surface area contributed by atoms with Crippen molar-refractivity contribution >= 4 is 11.7 Å². The number of rotatable bonds is 9. The van der Waals surface area contributed by atoms with E-state index in [2.05, 4.69) is 13.8 Å². The minimum absolute atomic E-state index is 0.120. The summed E-state index contributed by atoms with van der Waals surface area (Å²) in [5.74, 6) is -0.108. The number of amides is 1. The van der Waals surface area contributed by atoms with Gasteiger partial charge in [0.05, 0.1) is 6.04 Å². The summed E-state index contributed by atoms with van der Waals surface area (Å²) in [5, 5.41) is 0. The van der Waals surface area contributed by atoms with E-state index in [0.717, 1.165) is 6.42 Å². The van der Waals surface area contributed by atoms with E-state index < -0.39 is 17.6 Å². The van der Waals surface area contributed by atoms with Gasteiger partial charge in [0.1, 0.15) is 5.60 Å². The molecule has 1 amide bonds. The van der Waals surface area contributed by atoms with Crippen molar-refractivity contribution in [2.75, 3.05) is 6.61 Å². The number of ether oxygens (including phenoxy) is 1. The second kappa shape index (κ2) is 7.48. The molecule has 0 saturated heterocycles. The molecule has 4 N–H and O–H groups in total. The first kappa shape index (κ1) is 17.1. The van der Waals surface area contributed by atoms with Crippen molar-refractivity contribution < 1.29 is 14.3 Å². The first-order chi connectivity index (χ1) is 8.16. The highest BCUT2D eigenvalue weighted by atomic mass is 16.5. The van der Waals surface area contributed by atoms with Crippen molar-refractivity contribution in [1.29, 1.82) is 0 Å². The number of hydrogen-bond acceptors (Lipinski definition) is 4. The van der Waals surface area contributed by atoms with Crippen LogP contribution in [-0.2, 0) is 14.3 Å². The maximum Gasteiger partial charge on any atom is 0.217 e. The summed E-state index contributed by atoms with van der Waals surface area (Å²) in [6.45, 7) is 8.13. The van der Waals surface area contributed by atoms with Crippen molar-refractivity contribution in [1.82, 2.24) is 0 Å². The summed E-state index contributed by atoms with van der Waals surface area (Å²) in [6.07, 6.45) is 1.29. The lowest BCUT2D eigenvalue weighted by atomic mass is 9.94. The monoisotopic (exact) mass is 258 g/mol. The molecule has 0 heterocycles. The number of hydrogen-bond donors (Lipinski definition) is 2. The number of carbonyl (C=O) groups excluding carboxylic acids is 2. The molecule has 0 aromatic heterocycles. The molecular weight excluding hydrogens is 232 g/mol. The van der Waals surface area contributed by atoms with Crippen LogP contribution in [0.5, 0.6) is 0 Å². The second-order valence-electron chi connectivity index (χ2n) is 5.52. The van der Waals surface area contributed by atoms with E-state index in [0.29, 0.717) is 12.5 Å². The van der Waals surface area contributed by atoms with Crippen LogP contribution in [0, 0.1) is 5.92 Å². The zero-order valence-electron chi connectivity index (χ0n) is 11.9. The Bertz CT molecular complexity index is 288. The Kier molecular flexibility index (Phi) is 7.09. The van der Waals surface area contributed by atoms with Crippen molar-refractivity contribution in [2.45, 2.75) is 58.6 Å². The Balaban J connectivity index is 4.22. The highest BCUT2D eigenvalue weighted by molar-refractivity contribution is 5.91. The lowest BCUT2D eigenvalue weighted by Gasteiger charge is -2.27. The third-order valence-corrected chi connectivity index (χ3v) is 2.79. The van der Waals surface area contributed by atoms with Crippen LogP contribution in [0.4, 0.5) is 0 Å². The number of primary amides is 1. The summed E-state index contributed by atoms with van der Waals surface area (Å²) in [5.41, 5.74) is 9.86. The van der Waals surface area contributed by atoms with Gasteiger partial charge in [-0.1, -0.05) is 13.8 Å². The summed E-state index contributed by atoms with van der Waals surface area (Å²) in [7, 11) is 0. The maximum absolute atomic E-state index is 12.1. The third-order valence-electron chi connectivity index (χ3n) is 2.79. The predicted molar refractivity (Wildman–Crippen MR) is 70.9 cm³/mol. The van der Waals surface area contributed by atoms with Crippen LogP contribution in [0.1, 0.15) is 47.0 Å². The van der Waals surface area contributed by atoms with E-state index in [-0.39, 0.29) is 18.6 Å². The molecule has 0 aromatic carbocycles. The Hall–Kier alpha value is -0.940. The van der Waals surface area contributed by atoms with Gasteiger partial charge in [-0.15, -0.1) is 0 Å². The van der Waals surface area contributed by atoms with Crippen molar-refractivity contribution in [3.05, 3.63) is 0 Å². The molecule has 0 bridgehead atoms. The van der Waals surface area contributed by atoms with E-state index in [9.17, 15) is 9.59 Å². The Morgan fingerprint density at radius 2 is 1.78 bits per heavy atom. The van der Waals surface area contributed by atoms with E-state index in [1.54, 1.807) is 13.8 Å². The first-order valence-electron chi connectivity index (χ1n) is 6.39. The first-order valence-corrected chi connectivity index (χ1v) is 6.39. The Labute approximate surface area is 109 Å². The molecule has 5 heteroatoms. The average molecular weight is 258 g/mol. The SMILES string of the molecule is CC(C)CCOC(C)(C)C(=O)[C@@H](N)CCC(N)=O. The van der Waals surface area contributed by atoms with Gasteiger partial charge in [-0.2, -0.15) is 0 Å². The van der Waals surface area contributed by atoms with Gasteiger partial charge in [0.2, 0.25) is 5.91 Å². The molecule has 0 aliphatic rings. The van der Waals surface area contributed by atoms with Gasteiger partial charge in [0.25, 0.3) is 0 Å². The van der Waals surface area contributed by atoms with Crippen molar-refractivity contribution in [2.24, 2.45) is 17.4 Å². The Morgan fingerprint density at radius 3 is 2.22 bits per heavy atom. The lowest BCUT2D eigenvalue weighted by molar-refractivity contribution is -0.142. The third kappa shape index (κ3) is 6.71. The second-order valence-corrected chi connectivity index (χ2v) is 5.52. The van der Waals surface area contributed by atoms with Crippen molar-refractivity contribution in [3.8, 4) is 0 Å². The predicted octanol–water partition coefficient (Wildman–Crippen LogP) is 0.990. The molecule has 106 valence electrons. The molecular formula is C13H26N2O3. The van der Waals surface area contributed by atoms with E-state index >= 15 is 0 Å². The molecule has 0 spiro atoms. The van der Waals surface area contributed by atoms with Gasteiger partial charge in [-0.05, 0) is 32.6 Å². The molecule has 0 radical (unpaired) electrons. The minimum Gasteiger partial charge on any atom is -0.370 e. The number of ketones is 1. The van der Waals surface area contributed by atoms with E-state index in [4.69, 9.17) is 16.2 Å². The molecule has 0 saturated carbocycles. The molecule has 18 heavy (non-hydrogen) atoms. The molecule has 0 aliphatic carbocycles. The maximum atomic E-state index is 12.1. The molecule has 5 nitrogen and oxygen atoms in total. The van der Waals surface area contributed by atoms with Gasteiger partial charge < -0.3 is 16.2 Å². The number of nitrogens with two attached hydrogens (primary N) is 2. The molecule has 0 aliphatic heterocycles. The van der Waals surface area contributed by atoms with Gasteiger partial charge >= 0.3 is 0 Å². The van der Waals surface area contributed by atoms with Crippen LogP contribution >= 0.6 is 0 Å². The van der Waals surface area contributed by atoms with E-state index in [1.807, 2.05) is 0 Å². The standard InChI is InChI=1S/C13H26N2O3/c1-9(2)7-8-18-13(3,4)12(17)10(14)5-6-11(15)16/h9-10H,5-8,14H2,1-4H3,(H2,15,16)/t10-/m0/s1. The number of carbonyl (C=O) groups is 2. The lowest BCUT2D eigenvalue weighted by Crippen LogP contribution is -2.47. The molecule has 0 unspecified atom stereocenters. The molecule has 0 aromatic rings. The smallest absolute Gasteiger partial charge is 0.217 e. The van der Waals surface area contributed by atoms with Crippen LogP contribution in [0.2, 0.25) is 0 Å². The summed E-state index contributed by atoms with van der Waals surface area (Å²) in [6, 6.07) is -0.702. The van der Waals surface area contributed by atoms with Gasteiger partial charge in [-0.25, -0.2) is 0 Å². The zero-order chi connectivity index (χ0) is 14.3. The number of Topliss-reactive ketones (excluding diaryl/α,β-unsaturated/α-hetero) is 1. The van der Waals surface area contributed by atoms with Crippen molar-refractivity contribution in [3.63, 3.8) is 0 Å². The van der Waals surface area contributed by atoms with Crippen LogP contribution in [0.25, 0.3) is 0 Å². The van der Waals surface area contributed by atoms with Gasteiger partial charge in [0.15, 0.2) is 5.78 Å². The van der Waals surface area contributed by atoms with Crippen LogP contribution in [-0.4, -0.2) is 29.9 Å². The topological polar surface area (TPSA) is 95.4 Å². The Morgan fingerprint density at radius 1 is 1.22 bits per heavy atom. The van der Waals surface area contributed by atoms with Crippen LogP contribution in [0.3, 0.4) is 0 Å². The summed E-state index contributed by atoms with van der Waals surface area (Å²) < 4.78 is 5.58. The summed E-state index contributed by atoms with van der Waals surface area (Å²) in [4.78, 5) is 22.7. The summed E-state index contributed by atoms with van der Waals surface area (Å²) >= 11 is 0. The highest BCUT2D eigenvalue weighted by Crippen LogP contribution is 2.16.